The van der Waals surface area contributed by atoms with Crippen LogP contribution in [-0.2, 0) is 4.79 Å². The summed E-state index contributed by atoms with van der Waals surface area (Å²) >= 11 is 0. The number of rotatable bonds is 8. The van der Waals surface area contributed by atoms with Crippen LogP contribution < -0.4 is 4.90 Å². The van der Waals surface area contributed by atoms with Crippen molar-refractivity contribution in [3.8, 4) is 11.3 Å². The number of likely N-dealkylation sites (N-methyl/N-ethyl adjacent to an activating group) is 1. The van der Waals surface area contributed by atoms with E-state index in [-0.39, 0.29) is 17.9 Å². The summed E-state index contributed by atoms with van der Waals surface area (Å²) in [7, 11) is 1.99. The highest BCUT2D eigenvalue weighted by atomic mass is 16.2. The van der Waals surface area contributed by atoms with E-state index in [1.165, 1.54) is 11.1 Å². The summed E-state index contributed by atoms with van der Waals surface area (Å²) in [5, 5.41) is 4.41. The number of carbonyl (C=O) groups excluding carboxylic acids is 1. The van der Waals surface area contributed by atoms with Crippen LogP contribution >= 0.6 is 0 Å². The molecule has 5 rings (SSSR count). The number of aromatic amines is 1. The van der Waals surface area contributed by atoms with Crippen molar-refractivity contribution < 1.29 is 4.79 Å². The molecular formula is C29H40N8O. The lowest BCUT2D eigenvalue weighted by atomic mass is 9.95. The summed E-state index contributed by atoms with van der Waals surface area (Å²) in [6.45, 7) is 15.6. The monoisotopic (exact) mass is 516 g/mol. The third kappa shape index (κ3) is 4.53. The number of carbonyl (C=O) groups is 1. The minimum absolute atomic E-state index is 0.181. The van der Waals surface area contributed by atoms with E-state index in [1.54, 1.807) is 6.33 Å². The normalized spacial score (nSPS) is 16.2. The maximum atomic E-state index is 13.0. The molecule has 0 bridgehead atoms. The Morgan fingerprint density at radius 1 is 1.21 bits per heavy atom. The van der Waals surface area contributed by atoms with Crippen LogP contribution in [0, 0.1) is 13.8 Å². The summed E-state index contributed by atoms with van der Waals surface area (Å²) in [5.74, 6) is 1.38. The third-order valence-electron chi connectivity index (χ3n) is 8.05. The first-order valence-corrected chi connectivity index (χ1v) is 13.8. The number of H-pyrrole nitrogens is 1. The fraction of sp³-hybridized carbons (Fsp3) is 0.517. The first-order valence-electron chi connectivity index (χ1n) is 13.8. The zero-order valence-electron chi connectivity index (χ0n) is 23.7. The Morgan fingerprint density at radius 3 is 2.71 bits per heavy atom. The average Bonchev–Trinajstić information content (AvgIpc) is 3.62. The van der Waals surface area contributed by atoms with E-state index < -0.39 is 0 Å². The van der Waals surface area contributed by atoms with Crippen molar-refractivity contribution in [3.05, 3.63) is 41.3 Å². The number of pyridine rings is 2. The van der Waals surface area contributed by atoms with Crippen molar-refractivity contribution in [1.82, 2.24) is 34.4 Å². The maximum absolute atomic E-state index is 13.0. The molecule has 5 heterocycles. The van der Waals surface area contributed by atoms with Gasteiger partial charge in [0.1, 0.15) is 12.1 Å². The number of anilines is 1. The molecule has 38 heavy (non-hydrogen) atoms. The van der Waals surface area contributed by atoms with Crippen LogP contribution in [-0.4, -0.2) is 79.7 Å². The second kappa shape index (κ2) is 10.4. The molecule has 1 atom stereocenters. The van der Waals surface area contributed by atoms with Gasteiger partial charge in [-0.05, 0) is 63.0 Å². The molecule has 0 radical (unpaired) electrons. The second-order valence-electron chi connectivity index (χ2n) is 11.0. The van der Waals surface area contributed by atoms with Crippen LogP contribution in [0.25, 0.3) is 27.9 Å². The van der Waals surface area contributed by atoms with Gasteiger partial charge >= 0.3 is 0 Å². The van der Waals surface area contributed by atoms with Crippen molar-refractivity contribution >= 4 is 28.4 Å². The molecule has 0 saturated carbocycles. The molecule has 0 aromatic carbocycles. The van der Waals surface area contributed by atoms with E-state index in [1.807, 2.05) is 16.5 Å². The number of aryl methyl sites for hydroxylation is 1. The van der Waals surface area contributed by atoms with Gasteiger partial charge in [0.25, 0.3) is 0 Å². The molecule has 1 saturated heterocycles. The number of nitrogens with one attached hydrogen (secondary N) is 1. The summed E-state index contributed by atoms with van der Waals surface area (Å²) in [6, 6.07) is 4.50. The van der Waals surface area contributed by atoms with Gasteiger partial charge in [0.15, 0.2) is 5.65 Å². The Balaban J connectivity index is 1.56. The highest BCUT2D eigenvalue weighted by molar-refractivity contribution is 5.90. The highest BCUT2D eigenvalue weighted by Crippen LogP contribution is 2.38. The summed E-state index contributed by atoms with van der Waals surface area (Å²) < 4.78 is 1.85. The van der Waals surface area contributed by atoms with Crippen molar-refractivity contribution in [2.24, 2.45) is 0 Å². The summed E-state index contributed by atoms with van der Waals surface area (Å²) in [6.07, 6.45) is 5.76. The van der Waals surface area contributed by atoms with Gasteiger partial charge in [-0.2, -0.15) is 5.10 Å². The smallest absolute Gasteiger partial charge is 0.238 e. The second-order valence-corrected chi connectivity index (χ2v) is 11.0. The molecule has 4 aromatic rings. The molecule has 1 aliphatic heterocycles. The molecule has 0 aliphatic carbocycles. The van der Waals surface area contributed by atoms with E-state index in [9.17, 15) is 4.79 Å². The molecule has 0 unspecified atom stereocenters. The largest absolute Gasteiger partial charge is 0.353 e. The van der Waals surface area contributed by atoms with Gasteiger partial charge in [0, 0.05) is 29.9 Å². The predicted octanol–water partition coefficient (Wildman–Crippen LogP) is 4.74. The molecule has 9 heteroatoms. The quantitative estimate of drug-likeness (QED) is 0.364. The van der Waals surface area contributed by atoms with Crippen molar-refractivity contribution in [2.45, 2.75) is 66.3 Å². The minimum atomic E-state index is 0.181. The fourth-order valence-corrected chi connectivity index (χ4v) is 5.64. The van der Waals surface area contributed by atoms with E-state index >= 15 is 0 Å². The Kier molecular flexibility index (Phi) is 7.13. The summed E-state index contributed by atoms with van der Waals surface area (Å²) in [4.78, 5) is 32.7. The van der Waals surface area contributed by atoms with Crippen molar-refractivity contribution in [3.63, 3.8) is 0 Å². The van der Waals surface area contributed by atoms with Crippen LogP contribution in [0.1, 0.15) is 63.1 Å². The lowest BCUT2D eigenvalue weighted by molar-refractivity contribution is -0.131. The number of aromatic nitrogens is 5. The number of amides is 1. The average molecular weight is 517 g/mol. The SMILES string of the molecule is CCC[C@H]1CN(C(=O)CN(C)CC)CN1c1ccc2[nH]c(-c3cn4ncnc4c(C)c3C)c(C(C)C)c2n1. The molecular weight excluding hydrogens is 476 g/mol. The Morgan fingerprint density at radius 2 is 2.00 bits per heavy atom. The van der Waals surface area contributed by atoms with Crippen LogP contribution in [0.15, 0.2) is 24.7 Å². The first-order chi connectivity index (χ1) is 18.2. The lowest BCUT2D eigenvalue weighted by Gasteiger charge is -2.24. The number of hydrogen-bond acceptors (Lipinski definition) is 6. The van der Waals surface area contributed by atoms with Crippen molar-refractivity contribution in [1.29, 1.82) is 0 Å². The Bertz CT molecular complexity index is 1470. The zero-order valence-corrected chi connectivity index (χ0v) is 23.7. The molecule has 1 amide bonds. The molecule has 1 fully saturated rings. The van der Waals surface area contributed by atoms with Gasteiger partial charge in [-0.15, -0.1) is 0 Å². The predicted molar refractivity (Wildman–Crippen MR) is 153 cm³/mol. The van der Waals surface area contributed by atoms with E-state index in [0.29, 0.717) is 13.2 Å². The van der Waals surface area contributed by atoms with Crippen LogP contribution in [0.3, 0.4) is 0 Å². The van der Waals surface area contributed by atoms with E-state index in [2.05, 4.69) is 84.7 Å². The van der Waals surface area contributed by atoms with Gasteiger partial charge in [-0.3, -0.25) is 9.69 Å². The minimum Gasteiger partial charge on any atom is -0.353 e. The highest BCUT2D eigenvalue weighted by Gasteiger charge is 2.34. The molecule has 202 valence electrons. The number of nitrogens with zero attached hydrogens (tertiary/aromatic N) is 7. The van der Waals surface area contributed by atoms with Crippen LogP contribution in [0.5, 0.6) is 0 Å². The summed E-state index contributed by atoms with van der Waals surface area (Å²) in [5.41, 5.74) is 8.62. The number of hydrogen-bond donors (Lipinski definition) is 1. The maximum Gasteiger partial charge on any atom is 0.238 e. The Labute approximate surface area is 224 Å². The standard InChI is InChI=1S/C29H40N8O/c1-8-10-21-13-35(25(38)15-34(7)9-2)17-36(21)24-12-11-23-28(33-24)26(18(3)4)27(32-23)22-14-37-29(30-16-31-37)20(6)19(22)5/h11-12,14,16,18,21,32H,8-10,13,15,17H2,1-7H3/t21-/m0/s1. The van der Waals surface area contributed by atoms with Gasteiger partial charge in [-0.25, -0.2) is 14.5 Å². The van der Waals surface area contributed by atoms with E-state index in [4.69, 9.17) is 4.98 Å². The molecule has 1 aliphatic rings. The van der Waals surface area contributed by atoms with Gasteiger partial charge in [0.2, 0.25) is 5.91 Å². The molecule has 9 nitrogen and oxygen atoms in total. The van der Waals surface area contributed by atoms with E-state index in [0.717, 1.165) is 65.3 Å². The molecule has 0 spiro atoms. The topological polar surface area (TPSA) is 85.7 Å². The number of fused-ring (bicyclic) bond motifs is 2. The first kappa shape index (κ1) is 26.2. The van der Waals surface area contributed by atoms with Gasteiger partial charge < -0.3 is 14.8 Å². The van der Waals surface area contributed by atoms with Crippen LogP contribution in [0.2, 0.25) is 0 Å². The fourth-order valence-electron chi connectivity index (χ4n) is 5.64. The van der Waals surface area contributed by atoms with Gasteiger partial charge in [-0.1, -0.05) is 34.1 Å². The van der Waals surface area contributed by atoms with Crippen LogP contribution in [0.4, 0.5) is 5.82 Å². The Hall–Kier alpha value is -3.46. The zero-order chi connectivity index (χ0) is 27.1. The van der Waals surface area contributed by atoms with Crippen molar-refractivity contribution in [2.75, 3.05) is 38.3 Å². The molecule has 1 N–H and O–H groups in total. The molecule has 4 aromatic heterocycles. The van der Waals surface area contributed by atoms with Gasteiger partial charge in [0.05, 0.1) is 29.9 Å². The lowest BCUT2D eigenvalue weighted by Crippen LogP contribution is -2.38. The third-order valence-corrected chi connectivity index (χ3v) is 8.05.